The zero-order valence-electron chi connectivity index (χ0n) is 19.3. The number of Topliss-reactive ketones (excluding diaryl/α,β-unsaturated/α-hetero) is 2. The number of carbonyl (C=O) groups excluding carboxylic acids is 3. The van der Waals surface area contributed by atoms with Crippen molar-refractivity contribution in [3.8, 4) is 11.5 Å². The summed E-state index contributed by atoms with van der Waals surface area (Å²) in [6.07, 6.45) is 3.76. The van der Waals surface area contributed by atoms with E-state index in [1.54, 1.807) is 36.4 Å². The summed E-state index contributed by atoms with van der Waals surface area (Å²) in [6.45, 7) is 1.91. The molecule has 0 saturated carbocycles. The highest BCUT2D eigenvalue weighted by Crippen LogP contribution is 2.48. The molecule has 1 heterocycles. The monoisotopic (exact) mass is 458 g/mol. The highest BCUT2D eigenvalue weighted by molar-refractivity contribution is 6.05. The van der Waals surface area contributed by atoms with Gasteiger partial charge in [-0.1, -0.05) is 23.8 Å². The van der Waals surface area contributed by atoms with Gasteiger partial charge in [0, 0.05) is 42.7 Å². The number of rotatable bonds is 4. The minimum atomic E-state index is -0.491. The Morgan fingerprint density at radius 1 is 0.882 bits per heavy atom. The number of allylic oxidation sites excluding steroid dienone is 4. The number of ether oxygens (including phenoxy) is 3. The zero-order chi connectivity index (χ0) is 23.8. The van der Waals surface area contributed by atoms with E-state index >= 15 is 0 Å². The van der Waals surface area contributed by atoms with Gasteiger partial charge < -0.3 is 14.2 Å². The van der Waals surface area contributed by atoms with E-state index in [1.807, 2.05) is 13.0 Å². The normalized spacial score (nSPS) is 18.3. The van der Waals surface area contributed by atoms with Crippen LogP contribution in [-0.4, -0.2) is 24.6 Å². The molecule has 0 fully saturated rings. The lowest BCUT2D eigenvalue weighted by atomic mass is 9.73. The third-order valence-electron chi connectivity index (χ3n) is 6.62. The average molecular weight is 459 g/mol. The molecule has 0 spiro atoms. The van der Waals surface area contributed by atoms with Crippen molar-refractivity contribution in [1.82, 2.24) is 0 Å². The van der Waals surface area contributed by atoms with Crippen molar-refractivity contribution >= 4 is 17.5 Å². The minimum Gasteiger partial charge on any atom is -0.493 e. The van der Waals surface area contributed by atoms with Gasteiger partial charge in [0.25, 0.3) is 0 Å². The van der Waals surface area contributed by atoms with Crippen molar-refractivity contribution in [2.75, 3.05) is 7.11 Å². The second-order valence-electron chi connectivity index (χ2n) is 8.93. The Labute approximate surface area is 198 Å². The van der Waals surface area contributed by atoms with E-state index in [0.717, 1.165) is 24.0 Å². The van der Waals surface area contributed by atoms with Crippen LogP contribution in [0.3, 0.4) is 0 Å². The van der Waals surface area contributed by atoms with Gasteiger partial charge in [0.05, 0.1) is 12.7 Å². The van der Waals surface area contributed by atoms with Gasteiger partial charge in [0.1, 0.15) is 11.5 Å². The first-order chi connectivity index (χ1) is 16.5. The van der Waals surface area contributed by atoms with Gasteiger partial charge in [-0.15, -0.1) is 0 Å². The number of benzene rings is 2. The first kappa shape index (κ1) is 22.1. The molecule has 3 aliphatic rings. The third-order valence-corrected chi connectivity index (χ3v) is 6.62. The second-order valence-corrected chi connectivity index (χ2v) is 8.93. The SMILES string of the molecule is COc1cc(C2C3=C(CCCC3=O)OC3=C2C(=O)CCC3)ccc1OC(=O)c1cccc(C)c1. The molecule has 6 heteroatoms. The number of hydrogen-bond acceptors (Lipinski definition) is 6. The van der Waals surface area contributed by atoms with E-state index in [4.69, 9.17) is 14.2 Å². The predicted molar refractivity (Wildman–Crippen MR) is 125 cm³/mol. The fraction of sp³-hybridized carbons (Fsp3) is 0.321. The van der Waals surface area contributed by atoms with Crippen molar-refractivity contribution in [3.63, 3.8) is 0 Å². The predicted octanol–water partition coefficient (Wildman–Crippen LogP) is 5.35. The maximum absolute atomic E-state index is 13.0. The molecule has 0 amide bonds. The minimum absolute atomic E-state index is 0.0186. The smallest absolute Gasteiger partial charge is 0.343 e. The summed E-state index contributed by atoms with van der Waals surface area (Å²) in [5, 5.41) is 0. The van der Waals surface area contributed by atoms with Crippen molar-refractivity contribution in [2.45, 2.75) is 51.4 Å². The molecule has 0 radical (unpaired) electrons. The van der Waals surface area contributed by atoms with Crippen LogP contribution in [0.5, 0.6) is 11.5 Å². The lowest BCUT2D eigenvalue weighted by Crippen LogP contribution is -2.30. The van der Waals surface area contributed by atoms with Crippen LogP contribution < -0.4 is 9.47 Å². The number of aryl methyl sites for hydroxylation is 1. The molecule has 0 unspecified atom stereocenters. The molecular formula is C28H26O6. The molecule has 0 N–H and O–H groups in total. The first-order valence-corrected chi connectivity index (χ1v) is 11.6. The van der Waals surface area contributed by atoms with Gasteiger partial charge in [0.15, 0.2) is 23.1 Å². The van der Waals surface area contributed by atoms with Crippen LogP contribution >= 0.6 is 0 Å². The summed E-state index contributed by atoms with van der Waals surface area (Å²) >= 11 is 0. The molecule has 2 aliphatic carbocycles. The van der Waals surface area contributed by atoms with Crippen molar-refractivity contribution in [1.29, 1.82) is 0 Å². The van der Waals surface area contributed by atoms with Crippen LogP contribution in [0.4, 0.5) is 0 Å². The van der Waals surface area contributed by atoms with Crippen LogP contribution in [-0.2, 0) is 14.3 Å². The Bertz CT molecular complexity index is 1220. The van der Waals surface area contributed by atoms with Gasteiger partial charge in [-0.25, -0.2) is 4.79 Å². The summed E-state index contributed by atoms with van der Waals surface area (Å²) < 4.78 is 17.3. The molecule has 0 saturated heterocycles. The molecule has 0 bridgehead atoms. The van der Waals surface area contributed by atoms with Crippen molar-refractivity contribution < 1.29 is 28.6 Å². The van der Waals surface area contributed by atoms with Crippen LogP contribution in [0.15, 0.2) is 65.1 Å². The van der Waals surface area contributed by atoms with Crippen LogP contribution in [0.25, 0.3) is 0 Å². The van der Waals surface area contributed by atoms with Crippen LogP contribution in [0.2, 0.25) is 0 Å². The lowest BCUT2D eigenvalue weighted by Gasteiger charge is -2.36. The van der Waals surface area contributed by atoms with E-state index in [2.05, 4.69) is 0 Å². The van der Waals surface area contributed by atoms with Gasteiger partial charge in [0.2, 0.25) is 0 Å². The van der Waals surface area contributed by atoms with Gasteiger partial charge in [-0.3, -0.25) is 9.59 Å². The Morgan fingerprint density at radius 3 is 2.18 bits per heavy atom. The Hall–Kier alpha value is -3.67. The molecule has 34 heavy (non-hydrogen) atoms. The molecule has 174 valence electrons. The topological polar surface area (TPSA) is 78.9 Å². The van der Waals surface area contributed by atoms with Gasteiger partial charge in [-0.2, -0.15) is 0 Å². The first-order valence-electron chi connectivity index (χ1n) is 11.6. The second kappa shape index (κ2) is 8.93. The van der Waals surface area contributed by atoms with E-state index in [-0.39, 0.29) is 17.3 Å². The van der Waals surface area contributed by atoms with Crippen LogP contribution in [0.1, 0.15) is 65.9 Å². The Morgan fingerprint density at radius 2 is 1.56 bits per heavy atom. The fourth-order valence-corrected chi connectivity index (χ4v) is 5.03. The van der Waals surface area contributed by atoms with Crippen molar-refractivity contribution in [2.24, 2.45) is 0 Å². The number of esters is 1. The van der Waals surface area contributed by atoms with Crippen LogP contribution in [0, 0.1) is 6.92 Å². The Balaban J connectivity index is 1.54. The lowest BCUT2D eigenvalue weighted by molar-refractivity contribution is -0.117. The van der Waals surface area contributed by atoms with Crippen molar-refractivity contribution in [3.05, 3.63) is 81.8 Å². The molecular weight excluding hydrogens is 432 g/mol. The maximum Gasteiger partial charge on any atom is 0.343 e. The van der Waals surface area contributed by atoms with E-state index in [1.165, 1.54) is 7.11 Å². The summed E-state index contributed by atoms with van der Waals surface area (Å²) in [5.74, 6) is 1.07. The molecule has 1 aliphatic heterocycles. The standard InChI is InChI=1S/C28H26O6/c1-16-6-3-7-18(14-16)28(31)34-21-13-12-17(15-24(21)32-2)25-26-19(29)8-4-10-22(26)33-23-11-5-9-20(30)27(23)25/h3,6-7,12-15,25H,4-5,8-11H2,1-2H3. The Kier molecular flexibility index (Phi) is 5.82. The number of ketones is 2. The average Bonchev–Trinajstić information content (AvgIpc) is 2.83. The highest BCUT2D eigenvalue weighted by atomic mass is 16.6. The van der Waals surface area contributed by atoms with Gasteiger partial charge >= 0.3 is 5.97 Å². The molecule has 0 aromatic heterocycles. The summed E-state index contributed by atoms with van der Waals surface area (Å²) in [7, 11) is 1.50. The number of carbonyl (C=O) groups is 3. The third kappa shape index (κ3) is 3.94. The molecule has 5 rings (SSSR count). The van der Waals surface area contributed by atoms with E-state index in [0.29, 0.717) is 59.7 Å². The molecule has 2 aromatic carbocycles. The number of hydrogen-bond donors (Lipinski definition) is 0. The quantitative estimate of drug-likeness (QED) is 0.454. The molecule has 6 nitrogen and oxygen atoms in total. The van der Waals surface area contributed by atoms with E-state index < -0.39 is 11.9 Å². The fourth-order valence-electron chi connectivity index (χ4n) is 5.03. The summed E-state index contributed by atoms with van der Waals surface area (Å²) in [6, 6.07) is 12.4. The summed E-state index contributed by atoms with van der Waals surface area (Å²) in [5.41, 5.74) is 3.30. The van der Waals surface area contributed by atoms with E-state index in [9.17, 15) is 14.4 Å². The zero-order valence-corrected chi connectivity index (χ0v) is 19.3. The largest absolute Gasteiger partial charge is 0.493 e. The highest BCUT2D eigenvalue weighted by Gasteiger charge is 2.42. The molecule has 0 atom stereocenters. The van der Waals surface area contributed by atoms with Gasteiger partial charge in [-0.05, 0) is 49.6 Å². The summed E-state index contributed by atoms with van der Waals surface area (Å²) in [4.78, 5) is 38.6. The molecule has 2 aromatic rings. The number of methoxy groups -OCH3 is 1. The maximum atomic E-state index is 13.0.